The van der Waals surface area contributed by atoms with Gasteiger partial charge in [0, 0.05) is 19.3 Å². The topological polar surface area (TPSA) is 175 Å². The number of aliphatic hydroxyl groups excluding tert-OH is 2. The van der Waals surface area contributed by atoms with Gasteiger partial charge < -0.3 is 39.0 Å². The van der Waals surface area contributed by atoms with Gasteiger partial charge in [-0.15, -0.1) is 0 Å². The maximum atomic E-state index is 13.2. The van der Waals surface area contributed by atoms with Gasteiger partial charge >= 0.3 is 23.9 Å². The Morgan fingerprint density at radius 1 is 0.420 bits per heavy atom. The lowest BCUT2D eigenvalue weighted by atomic mass is 9.98. The highest BCUT2D eigenvalue weighted by Gasteiger charge is 2.50. The van der Waals surface area contributed by atoms with Crippen LogP contribution in [0.15, 0.2) is 97.2 Å². The van der Waals surface area contributed by atoms with E-state index in [0.29, 0.717) is 19.3 Å². The molecule has 81 heavy (non-hydrogen) atoms. The van der Waals surface area contributed by atoms with Crippen molar-refractivity contribution in [2.75, 3.05) is 13.2 Å². The molecule has 1 heterocycles. The van der Waals surface area contributed by atoms with Crippen LogP contribution < -0.4 is 0 Å². The van der Waals surface area contributed by atoms with Gasteiger partial charge in [0.2, 0.25) is 0 Å². The summed E-state index contributed by atoms with van der Waals surface area (Å²) in [5.41, 5.74) is 0. The molecule has 0 aromatic heterocycles. The number of aliphatic hydroxyl groups is 2. The summed E-state index contributed by atoms with van der Waals surface area (Å²) in [5, 5.41) is 31.5. The molecule has 0 radical (unpaired) electrons. The first kappa shape index (κ1) is 74.7. The van der Waals surface area contributed by atoms with Crippen LogP contribution in [0.3, 0.4) is 0 Å². The minimum absolute atomic E-state index is 0.0199. The van der Waals surface area contributed by atoms with Crippen LogP contribution in [0.5, 0.6) is 0 Å². The van der Waals surface area contributed by atoms with E-state index in [0.717, 1.165) is 128 Å². The highest BCUT2D eigenvalue weighted by molar-refractivity contribution is 5.74. The molecule has 12 nitrogen and oxygen atoms in total. The Morgan fingerprint density at radius 3 is 1.20 bits per heavy atom. The summed E-state index contributed by atoms with van der Waals surface area (Å²) in [7, 11) is 0. The number of rotatable bonds is 54. The van der Waals surface area contributed by atoms with Crippen molar-refractivity contribution in [2.45, 2.75) is 302 Å². The summed E-state index contributed by atoms with van der Waals surface area (Å²) in [4.78, 5) is 51.3. The molecule has 0 amide bonds. The fourth-order valence-electron chi connectivity index (χ4n) is 9.18. The summed E-state index contributed by atoms with van der Waals surface area (Å²) >= 11 is 0. The first-order chi connectivity index (χ1) is 39.6. The lowest BCUT2D eigenvalue weighted by molar-refractivity contribution is -0.301. The van der Waals surface area contributed by atoms with E-state index >= 15 is 0 Å². The van der Waals surface area contributed by atoms with E-state index in [1.807, 2.05) is 0 Å². The highest BCUT2D eigenvalue weighted by atomic mass is 16.7. The highest BCUT2D eigenvalue weighted by Crippen LogP contribution is 2.26. The molecule has 0 saturated carbocycles. The van der Waals surface area contributed by atoms with Gasteiger partial charge in [-0.2, -0.15) is 0 Å². The summed E-state index contributed by atoms with van der Waals surface area (Å²) in [6.45, 7) is 5.81. The number of carbonyl (C=O) groups is 4. The first-order valence-corrected chi connectivity index (χ1v) is 32.2. The van der Waals surface area contributed by atoms with Gasteiger partial charge in [-0.25, -0.2) is 4.79 Å². The van der Waals surface area contributed by atoms with Gasteiger partial charge in [0.1, 0.15) is 18.8 Å². The second kappa shape index (κ2) is 56.1. The Hall–Kier alpha value is -4.36. The zero-order chi connectivity index (χ0) is 58.9. The van der Waals surface area contributed by atoms with E-state index in [9.17, 15) is 34.5 Å². The molecule has 0 spiro atoms. The predicted molar refractivity (Wildman–Crippen MR) is 331 cm³/mol. The van der Waals surface area contributed by atoms with Crippen LogP contribution in [-0.2, 0) is 42.9 Å². The van der Waals surface area contributed by atoms with Crippen molar-refractivity contribution in [3.63, 3.8) is 0 Å². The third kappa shape index (κ3) is 45.8. The number of unbranched alkanes of at least 4 members (excludes halogenated alkanes) is 24. The lowest BCUT2D eigenvalue weighted by Crippen LogP contribution is -2.61. The van der Waals surface area contributed by atoms with Crippen molar-refractivity contribution in [1.82, 2.24) is 0 Å². The number of esters is 3. The first-order valence-electron chi connectivity index (χ1n) is 32.2. The van der Waals surface area contributed by atoms with Crippen molar-refractivity contribution in [3.8, 4) is 0 Å². The Morgan fingerprint density at radius 2 is 0.778 bits per heavy atom. The van der Waals surface area contributed by atoms with E-state index in [2.05, 4.69) is 118 Å². The second-order valence-electron chi connectivity index (χ2n) is 21.7. The van der Waals surface area contributed by atoms with Crippen molar-refractivity contribution in [2.24, 2.45) is 0 Å². The van der Waals surface area contributed by atoms with Gasteiger partial charge in [0.05, 0.1) is 6.61 Å². The third-order valence-electron chi connectivity index (χ3n) is 14.1. The predicted octanol–water partition coefficient (Wildman–Crippen LogP) is 17.2. The molecular formula is C69H114O12. The largest absolute Gasteiger partial charge is 0.479 e. The molecule has 0 aliphatic carbocycles. The van der Waals surface area contributed by atoms with Crippen molar-refractivity contribution < 1.29 is 58.2 Å². The maximum Gasteiger partial charge on any atom is 0.335 e. The number of carboxylic acids is 1. The van der Waals surface area contributed by atoms with E-state index in [1.54, 1.807) is 0 Å². The van der Waals surface area contributed by atoms with Gasteiger partial charge in [0.15, 0.2) is 24.6 Å². The molecule has 1 aliphatic rings. The Balaban J connectivity index is 2.68. The number of carbonyl (C=O) groups excluding carboxylic acids is 3. The third-order valence-corrected chi connectivity index (χ3v) is 14.1. The van der Waals surface area contributed by atoms with Gasteiger partial charge in [-0.1, -0.05) is 221 Å². The minimum atomic E-state index is -1.92. The molecule has 1 rings (SSSR count). The van der Waals surface area contributed by atoms with Crippen molar-refractivity contribution >= 4 is 23.9 Å². The van der Waals surface area contributed by atoms with Crippen LogP contribution >= 0.6 is 0 Å². The quantitative estimate of drug-likeness (QED) is 0.0228. The van der Waals surface area contributed by atoms with E-state index in [4.69, 9.17) is 23.7 Å². The molecule has 12 heteroatoms. The standard InChI is InChI=1S/C69H114O12/c1-4-7-10-13-16-19-22-25-27-29-31-33-35-38-40-43-46-49-52-55-61(70)77-58-60(79-62(71)56-53-50-47-44-42-39-36-34-32-30-28-26-23-20-17-14-11-8-5-2)59-78-69-67(65(74)64(73)66(81-69)68(75)76)80-63(72)57-54-51-48-45-41-37-24-21-18-15-12-9-6-3/h9,12,16-21,25-28,31,33,37,41,60,64-67,69,73-74H,4-8,10-11,13-15,22-24,29-30,32,34-36,38-40,42-59H2,1-3H3,(H,75,76)/b12-9-,19-16-,20-17-,21-18-,27-25-,28-26-,33-31-,41-37-. The molecule has 1 aliphatic heterocycles. The average molecular weight is 1140 g/mol. The van der Waals surface area contributed by atoms with Gasteiger partial charge in [-0.3, -0.25) is 14.4 Å². The Kier molecular flexibility index (Phi) is 51.7. The van der Waals surface area contributed by atoms with Crippen LogP contribution in [0.2, 0.25) is 0 Å². The number of allylic oxidation sites excluding steroid dienone is 16. The zero-order valence-corrected chi connectivity index (χ0v) is 51.0. The SMILES string of the molecule is CC/C=C\C/C=C\C/C=C\CCCCCC(=O)OC1C(OCC(COC(=O)CCCCCCCC/C=C\C/C=C\C/C=C\CCCCC)OC(=O)CCCCCCCCCCC/C=C\C/C=C\CCCCC)OC(C(=O)O)C(O)C1O. The number of hydrogen-bond donors (Lipinski definition) is 3. The van der Waals surface area contributed by atoms with Crippen molar-refractivity contribution in [1.29, 1.82) is 0 Å². The molecule has 0 aromatic carbocycles. The second-order valence-corrected chi connectivity index (χ2v) is 21.7. The number of carboxylic acid groups (broad SMARTS) is 1. The number of hydrogen-bond acceptors (Lipinski definition) is 11. The number of aliphatic carboxylic acids is 1. The summed E-state index contributed by atoms with van der Waals surface area (Å²) in [6, 6.07) is 0. The fourth-order valence-corrected chi connectivity index (χ4v) is 9.18. The molecule has 1 saturated heterocycles. The van der Waals surface area contributed by atoms with Crippen LogP contribution in [0, 0.1) is 0 Å². The molecule has 3 N–H and O–H groups in total. The van der Waals surface area contributed by atoms with Crippen LogP contribution in [-0.4, -0.2) is 89.2 Å². The van der Waals surface area contributed by atoms with Gasteiger partial charge in [-0.05, 0) is 122 Å². The zero-order valence-electron chi connectivity index (χ0n) is 51.0. The summed E-state index contributed by atoms with van der Waals surface area (Å²) in [5.74, 6) is -3.18. The smallest absolute Gasteiger partial charge is 0.335 e. The minimum Gasteiger partial charge on any atom is -0.479 e. The molecule has 6 atom stereocenters. The van der Waals surface area contributed by atoms with Crippen LogP contribution in [0.1, 0.15) is 265 Å². The fraction of sp³-hybridized carbons (Fsp3) is 0.710. The Labute approximate surface area is 492 Å². The molecule has 6 unspecified atom stereocenters. The summed E-state index contributed by atoms with van der Waals surface area (Å²) < 4.78 is 28.5. The lowest BCUT2D eigenvalue weighted by Gasteiger charge is -2.40. The summed E-state index contributed by atoms with van der Waals surface area (Å²) in [6.07, 6.45) is 62.2. The number of ether oxygens (including phenoxy) is 5. The van der Waals surface area contributed by atoms with Crippen molar-refractivity contribution in [3.05, 3.63) is 97.2 Å². The van der Waals surface area contributed by atoms with Gasteiger partial charge in [0.25, 0.3) is 0 Å². The monoisotopic (exact) mass is 1130 g/mol. The normalized spacial score (nSPS) is 18.4. The molecule has 0 bridgehead atoms. The van der Waals surface area contributed by atoms with E-state index in [1.165, 1.54) is 77.0 Å². The van der Waals surface area contributed by atoms with E-state index < -0.39 is 67.3 Å². The van der Waals surface area contributed by atoms with E-state index in [-0.39, 0.29) is 25.9 Å². The maximum absolute atomic E-state index is 13.2. The van der Waals surface area contributed by atoms with Crippen LogP contribution in [0.4, 0.5) is 0 Å². The Bertz CT molecular complexity index is 1780. The molecule has 0 aromatic rings. The molecular weight excluding hydrogens is 1020 g/mol. The van der Waals surface area contributed by atoms with Crippen LogP contribution in [0.25, 0.3) is 0 Å². The average Bonchev–Trinajstić information content (AvgIpc) is 3.54. The molecule has 1 fully saturated rings. The molecule has 462 valence electrons.